The number of anilines is 1. The molecule has 0 aliphatic carbocycles. The van der Waals surface area contributed by atoms with Gasteiger partial charge in [-0.15, -0.1) is 0 Å². The van der Waals surface area contributed by atoms with Gasteiger partial charge in [0, 0.05) is 29.6 Å². The molecule has 1 aliphatic rings. The Morgan fingerprint density at radius 3 is 3.04 bits per heavy atom. The number of halogens is 1. The molecule has 3 rings (SSSR count). The predicted octanol–water partition coefficient (Wildman–Crippen LogP) is 3.74. The number of hydrogen-bond donors (Lipinski definition) is 2. The number of carbonyl (C=O) groups is 1. The van der Waals surface area contributed by atoms with Crippen LogP contribution in [0.1, 0.15) is 35.8 Å². The number of benzene rings is 1. The number of H-pyrrole nitrogens is 1. The van der Waals surface area contributed by atoms with Gasteiger partial charge in [-0.2, -0.15) is 5.10 Å². The first kappa shape index (κ1) is 17.3. The second-order valence-electron chi connectivity index (χ2n) is 6.19. The first-order valence-corrected chi connectivity index (χ1v) is 8.48. The molecule has 1 aromatic heterocycles. The number of likely N-dealkylation sites (tertiary alicyclic amines) is 1. The van der Waals surface area contributed by atoms with Crippen LogP contribution in [0.3, 0.4) is 0 Å². The molecule has 1 saturated heterocycles. The van der Waals surface area contributed by atoms with Gasteiger partial charge in [-0.3, -0.25) is 5.10 Å². The quantitative estimate of drug-likeness (QED) is 0.866. The maximum absolute atomic E-state index is 12.8. The summed E-state index contributed by atoms with van der Waals surface area (Å²) in [6, 6.07) is 6.89. The van der Waals surface area contributed by atoms with Crippen molar-refractivity contribution in [2.45, 2.75) is 32.7 Å². The van der Waals surface area contributed by atoms with E-state index in [0.29, 0.717) is 18.0 Å². The number of hydrogen-bond acceptors (Lipinski definition) is 3. The van der Waals surface area contributed by atoms with Crippen molar-refractivity contribution < 1.29 is 13.9 Å². The monoisotopic (exact) mass is 346 g/mol. The molecule has 1 aromatic carbocycles. The molecule has 0 unspecified atom stereocenters. The van der Waals surface area contributed by atoms with Gasteiger partial charge >= 0.3 is 6.03 Å². The highest BCUT2D eigenvalue weighted by atomic mass is 19.1. The standard InChI is InChI=1S/C18H23FN4O2/c1-12-17(13(2)22-21-12)16-7-4-9-23(16)18(24)20-14-5-3-6-15(11-14)25-10-8-19/h3,5-6,11,16H,4,7-10H2,1-2H3,(H,20,24)(H,21,22)/t16-/m1/s1. The van der Waals surface area contributed by atoms with Gasteiger partial charge in [-0.25, -0.2) is 9.18 Å². The molecule has 7 heteroatoms. The third kappa shape index (κ3) is 3.75. The van der Waals surface area contributed by atoms with Crippen molar-refractivity contribution in [1.29, 1.82) is 0 Å². The molecular formula is C18H23FN4O2. The fourth-order valence-electron chi connectivity index (χ4n) is 3.38. The number of amides is 2. The van der Waals surface area contributed by atoms with Gasteiger partial charge in [-0.05, 0) is 38.8 Å². The largest absolute Gasteiger partial charge is 0.491 e. The van der Waals surface area contributed by atoms with Crippen molar-refractivity contribution in [3.05, 3.63) is 41.2 Å². The SMILES string of the molecule is Cc1n[nH]c(C)c1[C@H]1CCCN1C(=O)Nc1cccc(OCCF)c1. The molecular weight excluding hydrogens is 323 g/mol. The molecule has 0 radical (unpaired) electrons. The number of carbonyl (C=O) groups excluding carboxylic acids is 1. The summed E-state index contributed by atoms with van der Waals surface area (Å²) >= 11 is 0. The Hall–Kier alpha value is -2.57. The molecule has 1 atom stereocenters. The molecule has 0 saturated carbocycles. The molecule has 2 amide bonds. The van der Waals surface area contributed by atoms with Crippen LogP contribution in [-0.2, 0) is 0 Å². The number of aryl methyl sites for hydroxylation is 2. The zero-order valence-corrected chi connectivity index (χ0v) is 14.5. The second-order valence-corrected chi connectivity index (χ2v) is 6.19. The lowest BCUT2D eigenvalue weighted by molar-refractivity contribution is 0.207. The van der Waals surface area contributed by atoms with E-state index in [1.807, 2.05) is 18.7 Å². The average Bonchev–Trinajstić information content (AvgIpc) is 3.19. The Morgan fingerprint density at radius 2 is 2.32 bits per heavy atom. The zero-order valence-electron chi connectivity index (χ0n) is 14.5. The number of urea groups is 1. The average molecular weight is 346 g/mol. The van der Waals surface area contributed by atoms with Crippen LogP contribution in [0, 0.1) is 13.8 Å². The molecule has 2 heterocycles. The summed E-state index contributed by atoms with van der Waals surface area (Å²) in [7, 11) is 0. The Labute approximate surface area is 146 Å². The van der Waals surface area contributed by atoms with E-state index < -0.39 is 6.67 Å². The zero-order chi connectivity index (χ0) is 17.8. The van der Waals surface area contributed by atoms with Crippen molar-refractivity contribution in [3.63, 3.8) is 0 Å². The van der Waals surface area contributed by atoms with Crippen molar-refractivity contribution in [1.82, 2.24) is 15.1 Å². The molecule has 6 nitrogen and oxygen atoms in total. The maximum Gasteiger partial charge on any atom is 0.322 e. The van der Waals surface area contributed by atoms with Crippen LogP contribution in [0.4, 0.5) is 14.9 Å². The Morgan fingerprint density at radius 1 is 1.48 bits per heavy atom. The van der Waals surface area contributed by atoms with E-state index in [1.165, 1.54) is 0 Å². The summed E-state index contributed by atoms with van der Waals surface area (Å²) in [5.41, 5.74) is 3.67. The lowest BCUT2D eigenvalue weighted by Crippen LogP contribution is -2.34. The van der Waals surface area contributed by atoms with Crippen LogP contribution in [0.2, 0.25) is 0 Å². The lowest BCUT2D eigenvalue weighted by Gasteiger charge is -2.25. The summed E-state index contributed by atoms with van der Waals surface area (Å²) < 4.78 is 17.5. The first-order valence-electron chi connectivity index (χ1n) is 8.48. The maximum atomic E-state index is 12.8. The van der Waals surface area contributed by atoms with Gasteiger partial charge in [-0.1, -0.05) is 6.07 Å². The van der Waals surface area contributed by atoms with E-state index in [1.54, 1.807) is 24.3 Å². The van der Waals surface area contributed by atoms with Gasteiger partial charge < -0.3 is 15.0 Å². The number of aromatic amines is 1. The Kier molecular flexibility index (Phi) is 5.21. The van der Waals surface area contributed by atoms with Crippen molar-refractivity contribution >= 4 is 11.7 Å². The van der Waals surface area contributed by atoms with E-state index in [2.05, 4.69) is 15.5 Å². The van der Waals surface area contributed by atoms with Crippen LogP contribution in [0.15, 0.2) is 24.3 Å². The van der Waals surface area contributed by atoms with E-state index in [-0.39, 0.29) is 18.7 Å². The number of alkyl halides is 1. The second kappa shape index (κ2) is 7.55. The fourth-order valence-corrected chi connectivity index (χ4v) is 3.38. The summed E-state index contributed by atoms with van der Waals surface area (Å²) in [6.45, 7) is 4.10. The van der Waals surface area contributed by atoms with Crippen LogP contribution < -0.4 is 10.1 Å². The highest BCUT2D eigenvalue weighted by Gasteiger charge is 2.33. The molecule has 0 spiro atoms. The van der Waals surface area contributed by atoms with E-state index >= 15 is 0 Å². The number of nitrogens with one attached hydrogen (secondary N) is 2. The van der Waals surface area contributed by atoms with Gasteiger partial charge in [0.1, 0.15) is 19.0 Å². The minimum Gasteiger partial charge on any atom is -0.491 e. The molecule has 2 N–H and O–H groups in total. The van der Waals surface area contributed by atoms with Crippen molar-refractivity contribution in [2.75, 3.05) is 25.1 Å². The molecule has 2 aromatic rings. The third-order valence-electron chi connectivity index (χ3n) is 4.46. The fraction of sp³-hybridized carbons (Fsp3) is 0.444. The normalized spacial score (nSPS) is 16.9. The predicted molar refractivity (Wildman–Crippen MR) is 93.7 cm³/mol. The molecule has 1 aliphatic heterocycles. The number of ether oxygens (including phenoxy) is 1. The van der Waals surface area contributed by atoms with Gasteiger partial charge in [0.15, 0.2) is 0 Å². The molecule has 1 fully saturated rings. The Bertz CT molecular complexity index is 727. The highest BCUT2D eigenvalue weighted by molar-refractivity contribution is 5.90. The number of aromatic nitrogens is 2. The minimum absolute atomic E-state index is 0.00461. The smallest absolute Gasteiger partial charge is 0.322 e. The molecule has 0 bridgehead atoms. The van der Waals surface area contributed by atoms with Crippen LogP contribution in [-0.4, -0.2) is 41.0 Å². The van der Waals surface area contributed by atoms with Crippen LogP contribution in [0.25, 0.3) is 0 Å². The highest BCUT2D eigenvalue weighted by Crippen LogP contribution is 2.35. The van der Waals surface area contributed by atoms with Gasteiger partial charge in [0.25, 0.3) is 0 Å². The van der Waals surface area contributed by atoms with E-state index in [4.69, 9.17) is 4.74 Å². The minimum atomic E-state index is -0.546. The first-order chi connectivity index (χ1) is 12.1. The van der Waals surface area contributed by atoms with Gasteiger partial charge in [0.2, 0.25) is 0 Å². The van der Waals surface area contributed by atoms with Crippen molar-refractivity contribution in [2.24, 2.45) is 0 Å². The van der Waals surface area contributed by atoms with E-state index in [9.17, 15) is 9.18 Å². The Balaban J connectivity index is 1.72. The van der Waals surface area contributed by atoms with Crippen LogP contribution >= 0.6 is 0 Å². The number of nitrogens with zero attached hydrogens (tertiary/aromatic N) is 2. The lowest BCUT2D eigenvalue weighted by atomic mass is 10.0. The molecule has 134 valence electrons. The summed E-state index contributed by atoms with van der Waals surface area (Å²) in [4.78, 5) is 14.6. The van der Waals surface area contributed by atoms with Crippen molar-refractivity contribution in [3.8, 4) is 5.75 Å². The topological polar surface area (TPSA) is 70.2 Å². The number of rotatable bonds is 5. The van der Waals surface area contributed by atoms with E-state index in [0.717, 1.165) is 29.8 Å². The summed E-state index contributed by atoms with van der Waals surface area (Å²) in [5.74, 6) is 0.537. The summed E-state index contributed by atoms with van der Waals surface area (Å²) in [6.07, 6.45) is 1.89. The van der Waals surface area contributed by atoms with Gasteiger partial charge in [0.05, 0.1) is 11.7 Å². The van der Waals surface area contributed by atoms with Crippen LogP contribution in [0.5, 0.6) is 5.75 Å². The molecule has 25 heavy (non-hydrogen) atoms. The third-order valence-corrected chi connectivity index (χ3v) is 4.46. The summed E-state index contributed by atoms with van der Waals surface area (Å²) in [5, 5.41) is 10.2.